The minimum absolute atomic E-state index is 0.0570. The average Bonchev–Trinajstić information content (AvgIpc) is 2.04. The Kier molecular flexibility index (Phi) is 3.06. The Bertz CT molecular complexity index is 382. The number of rotatable bonds is 3. The topological polar surface area (TPSA) is 54.4 Å². The first-order chi connectivity index (χ1) is 6.04. The lowest BCUT2D eigenvalue weighted by Crippen LogP contribution is -1.98. The Labute approximate surface area is 78.2 Å². The third kappa shape index (κ3) is 2.82. The molecule has 4 heteroatoms. The van der Waals surface area contributed by atoms with Gasteiger partial charge >= 0.3 is 0 Å². The maximum atomic E-state index is 10.7. The minimum Gasteiger partial charge on any atom is -0.282 e. The molecule has 0 heterocycles. The van der Waals surface area contributed by atoms with Gasteiger partial charge in [0.15, 0.2) is 0 Å². The van der Waals surface area contributed by atoms with Crippen LogP contribution < -0.4 is 0 Å². The minimum atomic E-state index is -4.06. The largest absolute Gasteiger partial charge is 0.294 e. The lowest BCUT2D eigenvalue weighted by Gasteiger charge is -2.00. The Hall–Kier alpha value is -0.870. The second kappa shape index (κ2) is 3.89. The van der Waals surface area contributed by atoms with E-state index in [9.17, 15) is 8.42 Å². The number of hydrogen-bond donors (Lipinski definition) is 1. The van der Waals surface area contributed by atoms with E-state index in [1.807, 2.05) is 0 Å². The van der Waals surface area contributed by atoms with Crippen molar-refractivity contribution in [2.75, 3.05) is 0 Å². The van der Waals surface area contributed by atoms with Crippen LogP contribution in [0.2, 0.25) is 0 Å². The molecule has 0 bridgehead atoms. The highest BCUT2D eigenvalue weighted by molar-refractivity contribution is 7.85. The molecule has 0 amide bonds. The van der Waals surface area contributed by atoms with E-state index in [4.69, 9.17) is 4.55 Å². The molecule has 3 nitrogen and oxygen atoms in total. The molecule has 1 radical (unpaired) electrons. The number of benzene rings is 1. The molecule has 13 heavy (non-hydrogen) atoms. The summed E-state index contributed by atoms with van der Waals surface area (Å²) >= 11 is 0. The van der Waals surface area contributed by atoms with Crippen molar-refractivity contribution in [2.45, 2.75) is 17.7 Å². The van der Waals surface area contributed by atoms with Crippen LogP contribution in [0.1, 0.15) is 12.0 Å². The van der Waals surface area contributed by atoms with Crippen molar-refractivity contribution < 1.29 is 13.0 Å². The molecule has 0 atom stereocenters. The quantitative estimate of drug-likeness (QED) is 0.754. The standard InChI is InChI=1S/C9H11O3S/c1-2-4-8-5-3-6-9(7-8)13(10,11)12/h3,5-7H,1-2,4H2,(H,10,11,12). The summed E-state index contributed by atoms with van der Waals surface area (Å²) in [5.74, 6) is 0. The normalized spacial score (nSPS) is 11.5. The Morgan fingerprint density at radius 1 is 1.38 bits per heavy atom. The van der Waals surface area contributed by atoms with Crippen LogP contribution in [-0.4, -0.2) is 13.0 Å². The van der Waals surface area contributed by atoms with E-state index >= 15 is 0 Å². The van der Waals surface area contributed by atoms with Crippen LogP contribution in [0.15, 0.2) is 29.2 Å². The number of hydrogen-bond acceptors (Lipinski definition) is 2. The molecule has 1 aromatic rings. The lowest BCUT2D eigenvalue weighted by atomic mass is 10.1. The zero-order valence-electron chi connectivity index (χ0n) is 7.10. The van der Waals surface area contributed by atoms with Crippen molar-refractivity contribution in [3.63, 3.8) is 0 Å². The fourth-order valence-corrected chi connectivity index (χ4v) is 1.62. The maximum Gasteiger partial charge on any atom is 0.294 e. The Balaban J connectivity index is 3.06. The van der Waals surface area contributed by atoms with Gasteiger partial charge in [0.2, 0.25) is 0 Å². The number of aryl methyl sites for hydroxylation is 1. The van der Waals surface area contributed by atoms with Gasteiger partial charge in [0, 0.05) is 0 Å². The molecular formula is C9H11O3S. The van der Waals surface area contributed by atoms with Gasteiger partial charge in [0.25, 0.3) is 10.1 Å². The molecule has 71 valence electrons. The predicted octanol–water partition coefficient (Wildman–Crippen LogP) is 1.70. The van der Waals surface area contributed by atoms with E-state index in [0.717, 1.165) is 5.56 Å². The van der Waals surface area contributed by atoms with Crippen LogP contribution in [0.25, 0.3) is 0 Å². The molecule has 1 rings (SSSR count). The van der Waals surface area contributed by atoms with E-state index < -0.39 is 10.1 Å². The van der Waals surface area contributed by atoms with Crippen molar-refractivity contribution >= 4 is 10.1 Å². The van der Waals surface area contributed by atoms with Gasteiger partial charge in [0.05, 0.1) is 4.90 Å². The van der Waals surface area contributed by atoms with Crippen LogP contribution in [0.4, 0.5) is 0 Å². The molecule has 0 aliphatic rings. The van der Waals surface area contributed by atoms with Crippen LogP contribution >= 0.6 is 0 Å². The van der Waals surface area contributed by atoms with Crippen LogP contribution in [0.3, 0.4) is 0 Å². The summed E-state index contributed by atoms with van der Waals surface area (Å²) in [5, 5.41) is 0. The van der Waals surface area contributed by atoms with Crippen molar-refractivity contribution in [3.8, 4) is 0 Å². The first kappa shape index (κ1) is 10.2. The highest BCUT2D eigenvalue weighted by Crippen LogP contribution is 2.12. The molecule has 0 aliphatic carbocycles. The van der Waals surface area contributed by atoms with Gasteiger partial charge in [-0.3, -0.25) is 4.55 Å². The Morgan fingerprint density at radius 3 is 2.62 bits per heavy atom. The first-order valence-electron chi connectivity index (χ1n) is 3.89. The highest BCUT2D eigenvalue weighted by Gasteiger charge is 2.08. The smallest absolute Gasteiger partial charge is 0.282 e. The first-order valence-corrected chi connectivity index (χ1v) is 5.34. The second-order valence-corrected chi connectivity index (χ2v) is 4.15. The molecule has 1 aromatic carbocycles. The van der Waals surface area contributed by atoms with E-state index in [1.54, 1.807) is 12.1 Å². The second-order valence-electron chi connectivity index (χ2n) is 2.73. The summed E-state index contributed by atoms with van der Waals surface area (Å²) in [7, 11) is -4.06. The lowest BCUT2D eigenvalue weighted by molar-refractivity contribution is 0.483. The van der Waals surface area contributed by atoms with Crippen molar-refractivity contribution in [3.05, 3.63) is 36.8 Å². The third-order valence-electron chi connectivity index (χ3n) is 1.66. The summed E-state index contributed by atoms with van der Waals surface area (Å²) in [6.07, 6.45) is 1.41. The fraction of sp³-hybridized carbons (Fsp3) is 0.222. The summed E-state index contributed by atoms with van der Waals surface area (Å²) in [4.78, 5) is -0.0570. The molecule has 0 saturated carbocycles. The summed E-state index contributed by atoms with van der Waals surface area (Å²) < 4.78 is 30.2. The summed E-state index contributed by atoms with van der Waals surface area (Å²) in [5.41, 5.74) is 0.866. The zero-order valence-corrected chi connectivity index (χ0v) is 7.92. The van der Waals surface area contributed by atoms with Crippen molar-refractivity contribution in [1.29, 1.82) is 0 Å². The van der Waals surface area contributed by atoms with Gasteiger partial charge in [-0.1, -0.05) is 19.1 Å². The van der Waals surface area contributed by atoms with E-state index in [2.05, 4.69) is 6.92 Å². The van der Waals surface area contributed by atoms with Gasteiger partial charge in [0.1, 0.15) is 0 Å². The molecule has 1 N–H and O–H groups in total. The molecule has 0 fully saturated rings. The predicted molar refractivity (Wildman–Crippen MR) is 49.9 cm³/mol. The fourth-order valence-electron chi connectivity index (χ4n) is 1.07. The van der Waals surface area contributed by atoms with Crippen LogP contribution in [0.5, 0.6) is 0 Å². The van der Waals surface area contributed by atoms with Crippen LogP contribution in [-0.2, 0) is 16.5 Å². The molecule has 0 aliphatic heterocycles. The average molecular weight is 199 g/mol. The Morgan fingerprint density at radius 2 is 2.08 bits per heavy atom. The van der Waals surface area contributed by atoms with Crippen molar-refractivity contribution in [1.82, 2.24) is 0 Å². The third-order valence-corrected chi connectivity index (χ3v) is 2.51. The van der Waals surface area contributed by atoms with E-state index in [0.29, 0.717) is 12.8 Å². The van der Waals surface area contributed by atoms with Crippen molar-refractivity contribution in [2.24, 2.45) is 0 Å². The van der Waals surface area contributed by atoms with Gasteiger partial charge in [-0.25, -0.2) is 0 Å². The van der Waals surface area contributed by atoms with E-state index in [1.165, 1.54) is 12.1 Å². The van der Waals surface area contributed by atoms with Gasteiger partial charge in [-0.2, -0.15) is 8.42 Å². The SMILES string of the molecule is [CH2]CCc1cccc(S(=O)(=O)O)c1. The molecule has 0 spiro atoms. The maximum absolute atomic E-state index is 10.7. The van der Waals surface area contributed by atoms with Crippen LogP contribution in [0, 0.1) is 6.92 Å². The van der Waals surface area contributed by atoms with Gasteiger partial charge < -0.3 is 0 Å². The molecule has 0 unspecified atom stereocenters. The molecular weight excluding hydrogens is 188 g/mol. The molecule has 0 saturated heterocycles. The molecule has 0 aromatic heterocycles. The summed E-state index contributed by atoms with van der Waals surface area (Å²) in [6, 6.07) is 6.23. The van der Waals surface area contributed by atoms with Gasteiger partial charge in [-0.15, -0.1) is 0 Å². The summed E-state index contributed by atoms with van der Waals surface area (Å²) in [6.45, 7) is 3.66. The zero-order chi connectivity index (χ0) is 9.90. The van der Waals surface area contributed by atoms with Gasteiger partial charge in [-0.05, 0) is 30.5 Å². The van der Waals surface area contributed by atoms with E-state index in [-0.39, 0.29) is 4.90 Å². The monoisotopic (exact) mass is 199 g/mol. The highest BCUT2D eigenvalue weighted by atomic mass is 32.2.